The highest BCUT2D eigenvalue weighted by Gasteiger charge is 2.30. The number of hydrogen-bond acceptors (Lipinski definition) is 6. The van der Waals surface area contributed by atoms with Crippen molar-refractivity contribution in [3.63, 3.8) is 0 Å². The predicted molar refractivity (Wildman–Crippen MR) is 56.4 cm³/mol. The van der Waals surface area contributed by atoms with Crippen molar-refractivity contribution in [2.45, 2.75) is 12.2 Å². The Labute approximate surface area is 100 Å². The van der Waals surface area contributed by atoms with Crippen LogP contribution in [-0.2, 0) is 4.79 Å². The molecule has 0 aliphatic carbocycles. The fourth-order valence-corrected chi connectivity index (χ4v) is 1.33. The molecule has 0 amide bonds. The molecule has 1 aromatic carbocycles. The van der Waals surface area contributed by atoms with Crippen LogP contribution in [0.4, 0.5) is 5.69 Å². The molecule has 8 nitrogen and oxygen atoms in total. The van der Waals surface area contributed by atoms with Crippen LogP contribution >= 0.6 is 0 Å². The molecule has 1 rings (SSSR count). The Morgan fingerprint density at radius 3 is 2.50 bits per heavy atom. The Morgan fingerprint density at radius 2 is 2.06 bits per heavy atom. The Bertz CT molecular complexity index is 536. The number of aliphatic hydroxyl groups is 2. The molecule has 0 bridgehead atoms. The summed E-state index contributed by atoms with van der Waals surface area (Å²) in [6.07, 6.45) is -4.13. The average Bonchev–Trinajstić information content (AvgIpc) is 2.35. The van der Waals surface area contributed by atoms with E-state index in [9.17, 15) is 20.0 Å². The summed E-state index contributed by atoms with van der Waals surface area (Å²) in [6, 6.07) is 4.79. The fraction of sp³-hybridized carbons (Fsp3) is 0.200. The van der Waals surface area contributed by atoms with E-state index >= 15 is 0 Å². The zero-order valence-electron chi connectivity index (χ0n) is 8.85. The van der Waals surface area contributed by atoms with E-state index in [1.165, 1.54) is 6.07 Å². The molecule has 94 valence electrons. The molecule has 0 aromatic heterocycles. The lowest BCUT2D eigenvalue weighted by Gasteiger charge is -2.14. The lowest BCUT2D eigenvalue weighted by Crippen LogP contribution is -2.28. The Kier molecular flexibility index (Phi) is 3.93. The molecule has 0 aliphatic rings. The zero-order valence-corrected chi connectivity index (χ0v) is 8.85. The van der Waals surface area contributed by atoms with Crippen LogP contribution in [0.1, 0.15) is 17.2 Å². The smallest absolute Gasteiger partial charge is 0.335 e. The molecule has 0 fully saturated rings. The van der Waals surface area contributed by atoms with E-state index in [1.54, 1.807) is 6.07 Å². The van der Waals surface area contributed by atoms with Gasteiger partial charge in [-0.3, -0.25) is 10.1 Å². The van der Waals surface area contributed by atoms with Crippen LogP contribution in [0, 0.1) is 21.4 Å². The molecule has 2 atom stereocenters. The van der Waals surface area contributed by atoms with Gasteiger partial charge in [-0.05, 0) is 12.1 Å². The van der Waals surface area contributed by atoms with Gasteiger partial charge in [0.05, 0.1) is 22.1 Å². The third-order valence-electron chi connectivity index (χ3n) is 2.23. The van der Waals surface area contributed by atoms with Crippen molar-refractivity contribution in [1.29, 1.82) is 5.26 Å². The molecular weight excluding hydrogens is 244 g/mol. The summed E-state index contributed by atoms with van der Waals surface area (Å²) in [5, 5.41) is 46.5. The van der Waals surface area contributed by atoms with E-state index in [0.29, 0.717) is 0 Å². The van der Waals surface area contributed by atoms with Crippen molar-refractivity contribution in [1.82, 2.24) is 0 Å². The second kappa shape index (κ2) is 5.22. The first-order valence-corrected chi connectivity index (χ1v) is 4.66. The summed E-state index contributed by atoms with van der Waals surface area (Å²) in [5.41, 5.74) is -1.00. The number of carbonyl (C=O) groups is 1. The van der Waals surface area contributed by atoms with Gasteiger partial charge in [-0.15, -0.1) is 0 Å². The Balaban J connectivity index is 3.28. The van der Waals surface area contributed by atoms with Crippen molar-refractivity contribution >= 4 is 11.7 Å². The number of rotatable bonds is 4. The summed E-state index contributed by atoms with van der Waals surface area (Å²) in [5.74, 6) is -1.71. The van der Waals surface area contributed by atoms with E-state index in [2.05, 4.69) is 0 Å². The monoisotopic (exact) mass is 252 g/mol. The SMILES string of the molecule is N#Cc1ccc(C(O)C(O)C(=O)O)c([N+](=O)[O-])c1. The third kappa shape index (κ3) is 2.60. The summed E-state index contributed by atoms with van der Waals surface area (Å²) in [6.45, 7) is 0. The molecule has 0 saturated heterocycles. The van der Waals surface area contributed by atoms with Gasteiger partial charge >= 0.3 is 5.97 Å². The molecule has 0 saturated carbocycles. The maximum absolute atomic E-state index is 10.7. The summed E-state index contributed by atoms with van der Waals surface area (Å²) in [4.78, 5) is 20.4. The number of nitro groups is 1. The van der Waals surface area contributed by atoms with E-state index in [-0.39, 0.29) is 11.1 Å². The van der Waals surface area contributed by atoms with E-state index in [0.717, 1.165) is 12.1 Å². The standard InChI is InChI=1S/C10H8N2O6/c11-4-5-1-2-6(7(3-5)12(17)18)8(13)9(14)10(15)16/h1-3,8-9,13-14H,(H,15,16). The minimum atomic E-state index is -2.18. The zero-order chi connectivity index (χ0) is 13.9. The van der Waals surface area contributed by atoms with Gasteiger partial charge in [-0.25, -0.2) is 4.79 Å². The molecule has 0 radical (unpaired) electrons. The van der Waals surface area contributed by atoms with Crippen LogP contribution in [0.15, 0.2) is 18.2 Å². The van der Waals surface area contributed by atoms with Crippen molar-refractivity contribution in [3.05, 3.63) is 39.4 Å². The summed E-state index contributed by atoms with van der Waals surface area (Å²) in [7, 11) is 0. The number of benzene rings is 1. The lowest BCUT2D eigenvalue weighted by molar-refractivity contribution is -0.386. The highest BCUT2D eigenvalue weighted by atomic mass is 16.6. The van der Waals surface area contributed by atoms with Crippen molar-refractivity contribution in [2.75, 3.05) is 0 Å². The predicted octanol–water partition coefficient (Wildman–Crippen LogP) is -0.0546. The van der Waals surface area contributed by atoms with Crippen LogP contribution < -0.4 is 0 Å². The first-order chi connectivity index (χ1) is 8.38. The van der Waals surface area contributed by atoms with Crippen LogP contribution in [0.3, 0.4) is 0 Å². The van der Waals surface area contributed by atoms with Crippen LogP contribution in [0.2, 0.25) is 0 Å². The van der Waals surface area contributed by atoms with Crippen molar-refractivity contribution < 1.29 is 25.0 Å². The fourth-order valence-electron chi connectivity index (χ4n) is 1.33. The van der Waals surface area contributed by atoms with Crippen LogP contribution in [0.25, 0.3) is 0 Å². The molecular formula is C10H8N2O6. The maximum atomic E-state index is 10.7. The Hall–Kier alpha value is -2.50. The van der Waals surface area contributed by atoms with Gasteiger partial charge in [-0.1, -0.05) is 0 Å². The number of hydrogen-bond donors (Lipinski definition) is 3. The van der Waals surface area contributed by atoms with E-state index in [4.69, 9.17) is 15.5 Å². The minimum absolute atomic E-state index is 0.0116. The molecule has 1 aromatic rings. The van der Waals surface area contributed by atoms with E-state index in [1.807, 2.05) is 0 Å². The van der Waals surface area contributed by atoms with Crippen LogP contribution in [0.5, 0.6) is 0 Å². The number of aliphatic carboxylic acids is 1. The largest absolute Gasteiger partial charge is 0.479 e. The van der Waals surface area contributed by atoms with Gasteiger partial charge in [0, 0.05) is 6.07 Å². The molecule has 18 heavy (non-hydrogen) atoms. The molecule has 2 unspecified atom stereocenters. The summed E-state index contributed by atoms with van der Waals surface area (Å²) < 4.78 is 0. The summed E-state index contributed by atoms with van der Waals surface area (Å²) >= 11 is 0. The Morgan fingerprint density at radius 1 is 1.44 bits per heavy atom. The van der Waals surface area contributed by atoms with Gasteiger partial charge in [0.2, 0.25) is 0 Å². The van der Waals surface area contributed by atoms with E-state index < -0.39 is 28.8 Å². The second-order valence-corrected chi connectivity index (χ2v) is 3.37. The second-order valence-electron chi connectivity index (χ2n) is 3.37. The topological polar surface area (TPSA) is 145 Å². The van der Waals surface area contributed by atoms with Gasteiger partial charge in [0.15, 0.2) is 6.10 Å². The lowest BCUT2D eigenvalue weighted by atomic mass is 10.0. The van der Waals surface area contributed by atoms with Crippen molar-refractivity contribution in [3.8, 4) is 6.07 Å². The maximum Gasteiger partial charge on any atom is 0.335 e. The number of nitriles is 1. The van der Waals surface area contributed by atoms with Gasteiger partial charge < -0.3 is 15.3 Å². The minimum Gasteiger partial charge on any atom is -0.479 e. The number of carboxylic acid groups (broad SMARTS) is 1. The number of nitro benzene ring substituents is 1. The number of carboxylic acids is 1. The quantitative estimate of drug-likeness (QED) is 0.502. The highest BCUT2D eigenvalue weighted by Crippen LogP contribution is 2.28. The molecule has 0 heterocycles. The average molecular weight is 252 g/mol. The van der Waals surface area contributed by atoms with Gasteiger partial charge in [0.25, 0.3) is 5.69 Å². The molecule has 3 N–H and O–H groups in total. The van der Waals surface area contributed by atoms with Gasteiger partial charge in [0.1, 0.15) is 6.10 Å². The first kappa shape index (κ1) is 13.6. The third-order valence-corrected chi connectivity index (χ3v) is 2.23. The van der Waals surface area contributed by atoms with Crippen molar-refractivity contribution in [2.24, 2.45) is 0 Å². The highest BCUT2D eigenvalue weighted by molar-refractivity contribution is 5.73. The number of nitrogens with zero attached hydrogens (tertiary/aromatic N) is 2. The normalized spacial score (nSPS) is 13.4. The first-order valence-electron chi connectivity index (χ1n) is 4.66. The van der Waals surface area contributed by atoms with Crippen LogP contribution in [-0.4, -0.2) is 32.3 Å². The number of aliphatic hydroxyl groups excluding tert-OH is 2. The van der Waals surface area contributed by atoms with Gasteiger partial charge in [-0.2, -0.15) is 5.26 Å². The molecule has 0 aliphatic heterocycles. The molecule has 8 heteroatoms. The molecule has 0 spiro atoms.